The normalized spacial score (nSPS) is 23.7. The van der Waals surface area contributed by atoms with Crippen molar-refractivity contribution >= 4 is 5.97 Å². The van der Waals surface area contributed by atoms with Crippen LogP contribution in [-0.4, -0.2) is 71.3 Å². The molecule has 1 aromatic rings. The van der Waals surface area contributed by atoms with E-state index < -0.39 is 5.97 Å². The highest BCUT2D eigenvalue weighted by molar-refractivity contribution is 5.88. The number of piperazine rings is 1. The van der Waals surface area contributed by atoms with Crippen molar-refractivity contribution in [1.82, 2.24) is 14.8 Å². The zero-order valence-electron chi connectivity index (χ0n) is 12.8. The summed E-state index contributed by atoms with van der Waals surface area (Å²) in [6.07, 6.45) is 4.43. The first-order chi connectivity index (χ1) is 10.7. The van der Waals surface area contributed by atoms with E-state index in [0.29, 0.717) is 23.9 Å². The minimum atomic E-state index is -0.903. The highest BCUT2D eigenvalue weighted by atomic mass is 16.5. The van der Waals surface area contributed by atoms with Crippen LogP contribution in [0.15, 0.2) is 18.3 Å². The van der Waals surface area contributed by atoms with Crippen LogP contribution < -0.4 is 0 Å². The number of ether oxygens (including phenoxy) is 1. The van der Waals surface area contributed by atoms with Gasteiger partial charge in [-0.1, -0.05) is 0 Å². The summed E-state index contributed by atoms with van der Waals surface area (Å²) in [5.41, 5.74) is 0.965. The average molecular weight is 305 g/mol. The number of rotatable bonds is 5. The molecule has 1 unspecified atom stereocenters. The molecule has 120 valence electrons. The molecule has 2 saturated heterocycles. The van der Waals surface area contributed by atoms with Gasteiger partial charge in [-0.05, 0) is 25.0 Å². The molecule has 3 heterocycles. The maximum Gasteiger partial charge on any atom is 0.337 e. The van der Waals surface area contributed by atoms with Gasteiger partial charge in [0.2, 0.25) is 0 Å². The van der Waals surface area contributed by atoms with Gasteiger partial charge in [0.25, 0.3) is 0 Å². The summed E-state index contributed by atoms with van der Waals surface area (Å²) in [5, 5.41) is 9.22. The van der Waals surface area contributed by atoms with Crippen LogP contribution in [0.3, 0.4) is 0 Å². The third-order valence-corrected chi connectivity index (χ3v) is 4.44. The molecule has 0 bridgehead atoms. The molecule has 22 heavy (non-hydrogen) atoms. The van der Waals surface area contributed by atoms with Crippen molar-refractivity contribution in [3.8, 4) is 0 Å². The van der Waals surface area contributed by atoms with Gasteiger partial charge in [-0.25, -0.2) is 4.79 Å². The Bertz CT molecular complexity index is 509. The number of aromatic carboxylic acids is 1. The van der Waals surface area contributed by atoms with Crippen molar-refractivity contribution < 1.29 is 14.6 Å². The van der Waals surface area contributed by atoms with Crippen molar-refractivity contribution in [2.45, 2.75) is 25.5 Å². The number of hydrogen-bond acceptors (Lipinski definition) is 5. The molecule has 0 amide bonds. The number of nitrogens with zero attached hydrogens (tertiary/aromatic N) is 3. The lowest BCUT2D eigenvalue weighted by atomic mass is 10.1. The summed E-state index contributed by atoms with van der Waals surface area (Å²) >= 11 is 0. The minimum Gasteiger partial charge on any atom is -0.478 e. The Morgan fingerprint density at radius 3 is 2.77 bits per heavy atom. The third-order valence-electron chi connectivity index (χ3n) is 4.44. The molecule has 2 aliphatic heterocycles. The van der Waals surface area contributed by atoms with Gasteiger partial charge in [-0.3, -0.25) is 14.8 Å². The van der Waals surface area contributed by atoms with Crippen LogP contribution in [0.2, 0.25) is 0 Å². The van der Waals surface area contributed by atoms with Crippen LogP contribution in [0.4, 0.5) is 0 Å². The first-order valence-corrected chi connectivity index (χ1v) is 7.96. The molecule has 0 radical (unpaired) electrons. The number of carboxylic acids is 1. The van der Waals surface area contributed by atoms with Crippen molar-refractivity contribution in [3.63, 3.8) is 0 Å². The van der Waals surface area contributed by atoms with Crippen LogP contribution >= 0.6 is 0 Å². The molecule has 0 saturated carbocycles. The van der Waals surface area contributed by atoms with E-state index in [9.17, 15) is 9.90 Å². The van der Waals surface area contributed by atoms with Gasteiger partial charge in [0.05, 0.1) is 17.4 Å². The second-order valence-electron chi connectivity index (χ2n) is 6.01. The maximum atomic E-state index is 11.2. The van der Waals surface area contributed by atoms with Crippen LogP contribution in [0, 0.1) is 0 Å². The number of carbonyl (C=O) groups is 1. The summed E-state index contributed by atoms with van der Waals surface area (Å²) in [7, 11) is 0. The molecule has 6 heteroatoms. The smallest absolute Gasteiger partial charge is 0.337 e. The first kappa shape index (κ1) is 15.4. The Morgan fingerprint density at radius 2 is 2.09 bits per heavy atom. The highest BCUT2D eigenvalue weighted by Crippen LogP contribution is 2.15. The quantitative estimate of drug-likeness (QED) is 0.878. The summed E-state index contributed by atoms with van der Waals surface area (Å²) in [4.78, 5) is 20.2. The molecule has 0 spiro atoms. The molecule has 0 aliphatic carbocycles. The van der Waals surface area contributed by atoms with Crippen molar-refractivity contribution in [3.05, 3.63) is 29.6 Å². The minimum absolute atomic E-state index is 0.310. The molecule has 2 fully saturated rings. The predicted octanol–water partition coefficient (Wildman–Crippen LogP) is 1.08. The van der Waals surface area contributed by atoms with Gasteiger partial charge >= 0.3 is 5.97 Å². The number of carboxylic acid groups (broad SMARTS) is 1. The Hall–Kier alpha value is -1.50. The van der Waals surface area contributed by atoms with E-state index in [0.717, 1.165) is 39.3 Å². The van der Waals surface area contributed by atoms with Gasteiger partial charge in [0.1, 0.15) is 0 Å². The van der Waals surface area contributed by atoms with E-state index in [1.54, 1.807) is 18.3 Å². The fourth-order valence-corrected chi connectivity index (χ4v) is 3.18. The molecule has 0 aromatic carbocycles. The van der Waals surface area contributed by atoms with E-state index >= 15 is 0 Å². The maximum absolute atomic E-state index is 11.2. The summed E-state index contributed by atoms with van der Waals surface area (Å²) in [5.74, 6) is -0.903. The van der Waals surface area contributed by atoms with Crippen LogP contribution in [0.1, 0.15) is 28.9 Å². The number of hydrogen-bond donors (Lipinski definition) is 1. The van der Waals surface area contributed by atoms with E-state index in [-0.39, 0.29) is 0 Å². The number of pyridine rings is 1. The van der Waals surface area contributed by atoms with Gasteiger partial charge in [0.15, 0.2) is 0 Å². The molecule has 1 aromatic heterocycles. The topological polar surface area (TPSA) is 65.9 Å². The van der Waals surface area contributed by atoms with Gasteiger partial charge in [-0.15, -0.1) is 0 Å². The van der Waals surface area contributed by atoms with Gasteiger partial charge in [0, 0.05) is 52.1 Å². The zero-order chi connectivity index (χ0) is 15.4. The molecule has 6 nitrogen and oxygen atoms in total. The Balaban J connectivity index is 1.50. The summed E-state index contributed by atoms with van der Waals surface area (Å²) in [6, 6.07) is 3.30. The molecular weight excluding hydrogens is 282 g/mol. The zero-order valence-corrected chi connectivity index (χ0v) is 12.8. The molecule has 1 atom stereocenters. The van der Waals surface area contributed by atoms with Gasteiger partial charge in [-0.2, -0.15) is 0 Å². The molecule has 2 aliphatic rings. The Labute approximate surface area is 130 Å². The SMILES string of the molecule is O=C(O)c1cccnc1CN1CCN(CC2CCCO2)CC1. The average Bonchev–Trinajstić information content (AvgIpc) is 3.02. The monoisotopic (exact) mass is 305 g/mol. The van der Waals surface area contributed by atoms with Crippen molar-refractivity contribution in [2.24, 2.45) is 0 Å². The largest absolute Gasteiger partial charge is 0.478 e. The van der Waals surface area contributed by atoms with E-state index in [1.807, 2.05) is 0 Å². The van der Waals surface area contributed by atoms with Crippen molar-refractivity contribution in [2.75, 3.05) is 39.3 Å². The van der Waals surface area contributed by atoms with Crippen LogP contribution in [0.25, 0.3) is 0 Å². The fourth-order valence-electron chi connectivity index (χ4n) is 3.18. The van der Waals surface area contributed by atoms with Crippen molar-refractivity contribution in [1.29, 1.82) is 0 Å². The van der Waals surface area contributed by atoms with E-state index in [4.69, 9.17) is 4.74 Å². The van der Waals surface area contributed by atoms with Gasteiger partial charge < -0.3 is 9.84 Å². The lowest BCUT2D eigenvalue weighted by Gasteiger charge is -2.35. The lowest BCUT2D eigenvalue weighted by molar-refractivity contribution is 0.0484. The number of aromatic nitrogens is 1. The molecule has 1 N–H and O–H groups in total. The summed E-state index contributed by atoms with van der Waals surface area (Å²) < 4.78 is 5.69. The molecule has 3 rings (SSSR count). The first-order valence-electron chi connectivity index (χ1n) is 7.96. The second kappa shape index (κ2) is 7.17. The second-order valence-corrected chi connectivity index (χ2v) is 6.01. The van der Waals surface area contributed by atoms with Crippen LogP contribution in [-0.2, 0) is 11.3 Å². The molecular formula is C16H23N3O3. The highest BCUT2D eigenvalue weighted by Gasteiger charge is 2.23. The third kappa shape index (κ3) is 3.82. The summed E-state index contributed by atoms with van der Waals surface area (Å²) in [6.45, 7) is 6.45. The predicted molar refractivity (Wildman–Crippen MR) is 81.9 cm³/mol. The van der Waals surface area contributed by atoms with E-state index in [2.05, 4.69) is 14.8 Å². The van der Waals surface area contributed by atoms with Crippen LogP contribution in [0.5, 0.6) is 0 Å². The van der Waals surface area contributed by atoms with E-state index in [1.165, 1.54) is 12.8 Å². The Kier molecular flexibility index (Phi) is 5.02. The standard InChI is InChI=1S/C16H23N3O3/c20-16(21)14-4-1-5-17-15(14)12-19-8-6-18(7-9-19)11-13-3-2-10-22-13/h1,4-5,13H,2-3,6-12H2,(H,20,21). The Morgan fingerprint density at radius 1 is 1.32 bits per heavy atom. The lowest BCUT2D eigenvalue weighted by Crippen LogP contribution is -2.48. The fraction of sp³-hybridized carbons (Fsp3) is 0.625.